The normalized spacial score (nSPS) is 10.4. The van der Waals surface area contributed by atoms with E-state index in [0.29, 0.717) is 17.2 Å². The van der Waals surface area contributed by atoms with E-state index in [4.69, 9.17) is 9.47 Å². The molecule has 0 aliphatic carbocycles. The first-order chi connectivity index (χ1) is 11.5. The third-order valence-corrected chi connectivity index (χ3v) is 2.93. The number of methoxy groups -OCH3 is 1. The van der Waals surface area contributed by atoms with Crippen LogP contribution in [0, 0.1) is 10.1 Å². The van der Waals surface area contributed by atoms with Crippen LogP contribution in [-0.4, -0.2) is 24.2 Å². The quantitative estimate of drug-likeness (QED) is 0.287. The third kappa shape index (κ3) is 4.54. The molecule has 0 aliphatic heterocycles. The molecule has 0 bridgehead atoms. The van der Waals surface area contributed by atoms with E-state index in [1.54, 1.807) is 36.5 Å². The first-order valence-corrected chi connectivity index (χ1v) is 6.89. The average molecular weight is 329 g/mol. The maximum atomic E-state index is 11.0. The number of carbonyl (C=O) groups is 1. The van der Waals surface area contributed by atoms with Gasteiger partial charge in [0.05, 0.1) is 23.9 Å². The van der Waals surface area contributed by atoms with Gasteiger partial charge in [-0.15, -0.1) is 0 Å². The molecule has 0 spiro atoms. The van der Waals surface area contributed by atoms with E-state index in [-0.39, 0.29) is 5.69 Å². The molecule has 124 valence electrons. The second kappa shape index (κ2) is 7.73. The number of ether oxygens (including phenoxy) is 2. The van der Waals surface area contributed by atoms with Crippen molar-refractivity contribution in [3.63, 3.8) is 0 Å². The number of non-ortho nitro benzene ring substituents is 1. The van der Waals surface area contributed by atoms with Crippen LogP contribution in [0.5, 0.6) is 11.5 Å². The fourth-order valence-corrected chi connectivity index (χ4v) is 1.84. The Kier molecular flexibility index (Phi) is 5.45. The first-order valence-electron chi connectivity index (χ1n) is 6.89. The second-order valence-corrected chi connectivity index (χ2v) is 4.68. The summed E-state index contributed by atoms with van der Waals surface area (Å²) in [6.45, 7) is 1.31. The standard InChI is InChI=1S/C16H15N3O5/c1-11(20)24-15-8-3-12(9-16(15)23-2)10-17-18-13-4-6-14(7-5-13)19(21)22/h3-10,18H,1-2H3/b17-10+. The minimum absolute atomic E-state index is 0.00956. The van der Waals surface area contributed by atoms with Gasteiger partial charge in [0.2, 0.25) is 0 Å². The van der Waals surface area contributed by atoms with Crippen molar-refractivity contribution in [2.24, 2.45) is 5.10 Å². The topological polar surface area (TPSA) is 103 Å². The summed E-state index contributed by atoms with van der Waals surface area (Å²) in [5, 5.41) is 14.6. The predicted molar refractivity (Wildman–Crippen MR) is 88.6 cm³/mol. The molecule has 0 amide bonds. The highest BCUT2D eigenvalue weighted by Gasteiger charge is 2.07. The van der Waals surface area contributed by atoms with Crippen LogP contribution in [-0.2, 0) is 4.79 Å². The van der Waals surface area contributed by atoms with Gasteiger partial charge in [0, 0.05) is 19.1 Å². The lowest BCUT2D eigenvalue weighted by atomic mass is 10.2. The molecular formula is C16H15N3O5. The average Bonchev–Trinajstić information content (AvgIpc) is 2.56. The number of nitro groups is 1. The molecule has 2 aromatic rings. The second-order valence-electron chi connectivity index (χ2n) is 4.68. The summed E-state index contributed by atoms with van der Waals surface area (Å²) in [6, 6.07) is 10.9. The highest BCUT2D eigenvalue weighted by molar-refractivity contribution is 5.82. The molecule has 0 heterocycles. The first kappa shape index (κ1) is 16.9. The summed E-state index contributed by atoms with van der Waals surface area (Å²) in [5.74, 6) is 0.296. The molecule has 0 saturated heterocycles. The molecule has 2 aromatic carbocycles. The zero-order valence-electron chi connectivity index (χ0n) is 13.1. The monoisotopic (exact) mass is 329 g/mol. The predicted octanol–water partition coefficient (Wildman–Crippen LogP) is 2.97. The van der Waals surface area contributed by atoms with Gasteiger partial charge < -0.3 is 9.47 Å². The molecule has 0 unspecified atom stereocenters. The van der Waals surface area contributed by atoms with Crippen LogP contribution in [0.4, 0.5) is 11.4 Å². The van der Waals surface area contributed by atoms with Crippen molar-refractivity contribution in [2.75, 3.05) is 12.5 Å². The molecule has 1 N–H and O–H groups in total. The summed E-state index contributed by atoms with van der Waals surface area (Å²) in [5.41, 5.74) is 4.10. The summed E-state index contributed by atoms with van der Waals surface area (Å²) < 4.78 is 10.2. The Morgan fingerprint density at radius 2 is 1.92 bits per heavy atom. The molecule has 0 atom stereocenters. The van der Waals surface area contributed by atoms with Crippen LogP contribution in [0.2, 0.25) is 0 Å². The van der Waals surface area contributed by atoms with Crippen LogP contribution in [0.15, 0.2) is 47.6 Å². The van der Waals surface area contributed by atoms with Gasteiger partial charge in [-0.05, 0) is 35.9 Å². The lowest BCUT2D eigenvalue weighted by molar-refractivity contribution is -0.384. The molecule has 0 radical (unpaired) electrons. The fraction of sp³-hybridized carbons (Fsp3) is 0.125. The van der Waals surface area contributed by atoms with Crippen molar-refractivity contribution in [3.05, 3.63) is 58.1 Å². The van der Waals surface area contributed by atoms with Gasteiger partial charge in [0.25, 0.3) is 5.69 Å². The molecule has 24 heavy (non-hydrogen) atoms. The number of carbonyl (C=O) groups excluding carboxylic acids is 1. The van der Waals surface area contributed by atoms with Gasteiger partial charge in [-0.3, -0.25) is 20.3 Å². The van der Waals surface area contributed by atoms with Crippen LogP contribution in [0.3, 0.4) is 0 Å². The molecule has 0 aromatic heterocycles. The van der Waals surface area contributed by atoms with E-state index in [0.717, 1.165) is 5.56 Å². The van der Waals surface area contributed by atoms with E-state index in [1.165, 1.54) is 26.2 Å². The zero-order valence-corrected chi connectivity index (χ0v) is 13.1. The molecular weight excluding hydrogens is 314 g/mol. The number of nitrogens with zero attached hydrogens (tertiary/aromatic N) is 2. The van der Waals surface area contributed by atoms with Gasteiger partial charge in [0.1, 0.15) is 0 Å². The Labute approximate surface area is 137 Å². The van der Waals surface area contributed by atoms with Gasteiger partial charge in [-0.2, -0.15) is 5.10 Å². The maximum absolute atomic E-state index is 11.0. The van der Waals surface area contributed by atoms with E-state index in [2.05, 4.69) is 10.5 Å². The summed E-state index contributed by atoms with van der Waals surface area (Å²) in [6.07, 6.45) is 1.54. The SMILES string of the molecule is COc1cc(/C=N/Nc2ccc([N+](=O)[O-])cc2)ccc1OC(C)=O. The van der Waals surface area contributed by atoms with Crippen LogP contribution >= 0.6 is 0 Å². The van der Waals surface area contributed by atoms with Gasteiger partial charge in [-0.1, -0.05) is 0 Å². The number of nitro benzene ring substituents is 1. The zero-order chi connectivity index (χ0) is 17.5. The number of rotatable bonds is 6. The minimum atomic E-state index is -0.468. The smallest absolute Gasteiger partial charge is 0.308 e. The Morgan fingerprint density at radius 1 is 1.21 bits per heavy atom. The highest BCUT2D eigenvalue weighted by Crippen LogP contribution is 2.27. The van der Waals surface area contributed by atoms with Crippen LogP contribution < -0.4 is 14.9 Å². The Morgan fingerprint density at radius 3 is 2.50 bits per heavy atom. The number of hydrazone groups is 1. The summed E-state index contributed by atoms with van der Waals surface area (Å²) in [7, 11) is 1.47. The summed E-state index contributed by atoms with van der Waals surface area (Å²) >= 11 is 0. The highest BCUT2D eigenvalue weighted by atomic mass is 16.6. The summed E-state index contributed by atoms with van der Waals surface area (Å²) in [4.78, 5) is 21.1. The van der Waals surface area contributed by atoms with Crippen LogP contribution in [0.1, 0.15) is 12.5 Å². The van der Waals surface area contributed by atoms with Gasteiger partial charge >= 0.3 is 5.97 Å². The molecule has 8 heteroatoms. The number of hydrogen-bond donors (Lipinski definition) is 1. The van der Waals surface area contributed by atoms with E-state index >= 15 is 0 Å². The van der Waals surface area contributed by atoms with Crippen molar-refractivity contribution in [1.29, 1.82) is 0 Å². The molecule has 2 rings (SSSR count). The van der Waals surface area contributed by atoms with Crippen molar-refractivity contribution in [2.45, 2.75) is 6.92 Å². The van der Waals surface area contributed by atoms with E-state index in [1.807, 2.05) is 0 Å². The lowest BCUT2D eigenvalue weighted by Gasteiger charge is -2.08. The minimum Gasteiger partial charge on any atom is -0.493 e. The van der Waals surface area contributed by atoms with E-state index in [9.17, 15) is 14.9 Å². The molecule has 0 aliphatic rings. The maximum Gasteiger partial charge on any atom is 0.308 e. The number of anilines is 1. The van der Waals surface area contributed by atoms with Crippen molar-refractivity contribution >= 4 is 23.6 Å². The largest absolute Gasteiger partial charge is 0.493 e. The fourth-order valence-electron chi connectivity index (χ4n) is 1.84. The number of nitrogens with one attached hydrogen (secondary N) is 1. The Hall–Kier alpha value is -3.42. The van der Waals surface area contributed by atoms with Crippen molar-refractivity contribution in [1.82, 2.24) is 0 Å². The number of benzene rings is 2. The molecule has 0 fully saturated rings. The lowest BCUT2D eigenvalue weighted by Crippen LogP contribution is -2.03. The molecule has 8 nitrogen and oxygen atoms in total. The molecule has 0 saturated carbocycles. The van der Waals surface area contributed by atoms with Crippen molar-refractivity contribution in [3.8, 4) is 11.5 Å². The number of esters is 1. The van der Waals surface area contributed by atoms with Crippen molar-refractivity contribution < 1.29 is 19.2 Å². The third-order valence-electron chi connectivity index (χ3n) is 2.93. The van der Waals surface area contributed by atoms with Crippen LogP contribution in [0.25, 0.3) is 0 Å². The van der Waals surface area contributed by atoms with E-state index < -0.39 is 10.9 Å². The number of hydrogen-bond acceptors (Lipinski definition) is 7. The van der Waals surface area contributed by atoms with Gasteiger partial charge in [0.15, 0.2) is 11.5 Å². The Bertz CT molecular complexity index is 772. The van der Waals surface area contributed by atoms with Gasteiger partial charge in [-0.25, -0.2) is 0 Å². The Balaban J connectivity index is 2.05.